The van der Waals surface area contributed by atoms with Gasteiger partial charge in [-0.25, -0.2) is 0 Å². The molecule has 0 unspecified atom stereocenters. The third-order valence-corrected chi connectivity index (χ3v) is 4.94. The molecule has 96 valence electrons. The smallest absolute Gasteiger partial charge is 0.227 e. The van der Waals surface area contributed by atoms with Crippen molar-refractivity contribution in [2.45, 2.75) is 39.5 Å². The van der Waals surface area contributed by atoms with Crippen molar-refractivity contribution in [1.82, 2.24) is 0 Å². The van der Waals surface area contributed by atoms with Crippen LogP contribution in [0.2, 0.25) is 0 Å². The topological polar surface area (TPSA) is 29.1 Å². The van der Waals surface area contributed by atoms with E-state index in [1.165, 1.54) is 30.4 Å². The van der Waals surface area contributed by atoms with Gasteiger partial charge in [-0.2, -0.15) is 0 Å². The second-order valence-electron chi connectivity index (χ2n) is 6.02. The fourth-order valence-electron chi connectivity index (χ4n) is 3.68. The minimum Gasteiger partial charge on any atom is -0.326 e. The highest BCUT2D eigenvalue weighted by Crippen LogP contribution is 2.48. The molecular weight excluding hydrogens is 222 g/mol. The van der Waals surface area contributed by atoms with Gasteiger partial charge in [0, 0.05) is 11.6 Å². The van der Waals surface area contributed by atoms with Gasteiger partial charge in [-0.15, -0.1) is 0 Å². The summed E-state index contributed by atoms with van der Waals surface area (Å²) in [4.78, 5) is 12.4. The molecule has 2 aliphatic rings. The predicted octanol–water partition coefficient (Wildman–Crippen LogP) is 3.68. The lowest BCUT2D eigenvalue weighted by Crippen LogP contribution is -2.27. The summed E-state index contributed by atoms with van der Waals surface area (Å²) in [6.45, 7) is 4.16. The molecule has 0 saturated heterocycles. The first-order chi connectivity index (χ1) is 8.65. The summed E-state index contributed by atoms with van der Waals surface area (Å²) in [6.07, 6.45) is 5.00. The normalized spacial score (nSPS) is 29.6. The zero-order chi connectivity index (χ0) is 12.7. The van der Waals surface area contributed by atoms with E-state index >= 15 is 0 Å². The number of amides is 1. The SMILES string of the molecule is Cc1cccc(NC(=O)[C@H]2C[C@H]3CC[C@@H]2C3)c1C. The molecule has 0 spiro atoms. The van der Waals surface area contributed by atoms with Gasteiger partial charge in [-0.05, 0) is 62.1 Å². The molecule has 18 heavy (non-hydrogen) atoms. The zero-order valence-electron chi connectivity index (χ0n) is 11.2. The monoisotopic (exact) mass is 243 g/mol. The van der Waals surface area contributed by atoms with E-state index in [0.717, 1.165) is 18.0 Å². The lowest BCUT2D eigenvalue weighted by atomic mass is 9.88. The highest BCUT2D eigenvalue weighted by atomic mass is 16.1. The molecule has 0 aromatic heterocycles. The van der Waals surface area contributed by atoms with E-state index < -0.39 is 0 Å². The number of nitrogens with one attached hydrogen (secondary N) is 1. The van der Waals surface area contributed by atoms with Crippen molar-refractivity contribution in [2.75, 3.05) is 5.32 Å². The third-order valence-electron chi connectivity index (χ3n) is 4.94. The number of anilines is 1. The zero-order valence-corrected chi connectivity index (χ0v) is 11.2. The highest BCUT2D eigenvalue weighted by Gasteiger charge is 2.43. The highest BCUT2D eigenvalue weighted by molar-refractivity contribution is 5.93. The Kier molecular flexibility index (Phi) is 2.89. The van der Waals surface area contributed by atoms with E-state index in [2.05, 4.69) is 25.2 Å². The van der Waals surface area contributed by atoms with Gasteiger partial charge in [0.2, 0.25) is 5.91 Å². The molecule has 2 heteroatoms. The molecule has 2 bridgehead atoms. The van der Waals surface area contributed by atoms with Crippen LogP contribution in [0.15, 0.2) is 18.2 Å². The molecule has 2 aliphatic carbocycles. The van der Waals surface area contributed by atoms with Crippen molar-refractivity contribution in [3.63, 3.8) is 0 Å². The first-order valence-electron chi connectivity index (χ1n) is 7.02. The van der Waals surface area contributed by atoms with Crippen molar-refractivity contribution >= 4 is 11.6 Å². The number of aryl methyl sites for hydroxylation is 1. The van der Waals surface area contributed by atoms with Crippen LogP contribution in [0.1, 0.15) is 36.8 Å². The number of carbonyl (C=O) groups is 1. The molecule has 3 atom stereocenters. The van der Waals surface area contributed by atoms with E-state index in [9.17, 15) is 4.79 Å². The standard InChI is InChI=1S/C16H21NO/c1-10-4-3-5-15(11(10)2)17-16(18)14-9-12-6-7-13(14)8-12/h3-5,12-14H,6-9H2,1-2H3,(H,17,18)/t12-,13+,14-/m0/s1. The predicted molar refractivity (Wildman–Crippen MR) is 73.5 cm³/mol. The molecule has 0 aliphatic heterocycles. The Morgan fingerprint density at radius 3 is 2.72 bits per heavy atom. The number of hydrogen-bond donors (Lipinski definition) is 1. The number of hydrogen-bond acceptors (Lipinski definition) is 1. The van der Waals surface area contributed by atoms with Gasteiger partial charge in [-0.3, -0.25) is 4.79 Å². The summed E-state index contributed by atoms with van der Waals surface area (Å²) in [5, 5.41) is 3.14. The first kappa shape index (κ1) is 11.8. The molecule has 3 rings (SSSR count). The van der Waals surface area contributed by atoms with Gasteiger partial charge in [-0.1, -0.05) is 18.6 Å². The van der Waals surface area contributed by atoms with Crippen LogP contribution in [0.4, 0.5) is 5.69 Å². The van der Waals surface area contributed by atoms with Gasteiger partial charge in [0.25, 0.3) is 0 Å². The van der Waals surface area contributed by atoms with Crippen LogP contribution < -0.4 is 5.32 Å². The van der Waals surface area contributed by atoms with Gasteiger partial charge in [0.05, 0.1) is 0 Å². The molecule has 1 N–H and O–H groups in total. The van der Waals surface area contributed by atoms with Crippen LogP contribution in [-0.2, 0) is 4.79 Å². The molecule has 0 radical (unpaired) electrons. The van der Waals surface area contributed by atoms with Crippen LogP contribution in [0.5, 0.6) is 0 Å². The minimum absolute atomic E-state index is 0.246. The summed E-state index contributed by atoms with van der Waals surface area (Å²) in [6, 6.07) is 6.11. The fraction of sp³-hybridized carbons (Fsp3) is 0.562. The molecule has 1 aromatic carbocycles. The summed E-state index contributed by atoms with van der Waals surface area (Å²) in [5.41, 5.74) is 3.41. The summed E-state index contributed by atoms with van der Waals surface area (Å²) >= 11 is 0. The maximum absolute atomic E-state index is 12.4. The van der Waals surface area contributed by atoms with Crippen LogP contribution in [0.3, 0.4) is 0 Å². The molecule has 1 aromatic rings. The van der Waals surface area contributed by atoms with E-state index in [4.69, 9.17) is 0 Å². The Balaban J connectivity index is 1.73. The van der Waals surface area contributed by atoms with E-state index in [1.807, 2.05) is 12.1 Å². The van der Waals surface area contributed by atoms with Gasteiger partial charge >= 0.3 is 0 Å². The van der Waals surface area contributed by atoms with Crippen LogP contribution in [0, 0.1) is 31.6 Å². The van der Waals surface area contributed by atoms with Crippen molar-refractivity contribution < 1.29 is 4.79 Å². The van der Waals surface area contributed by atoms with E-state index in [-0.39, 0.29) is 11.8 Å². The molecule has 2 saturated carbocycles. The summed E-state index contributed by atoms with van der Waals surface area (Å²) < 4.78 is 0. The number of carbonyl (C=O) groups excluding carboxylic acids is 1. The summed E-state index contributed by atoms with van der Waals surface area (Å²) in [7, 11) is 0. The Labute approximate surface area is 109 Å². The molecule has 2 nitrogen and oxygen atoms in total. The number of rotatable bonds is 2. The van der Waals surface area contributed by atoms with Gasteiger partial charge < -0.3 is 5.32 Å². The lowest BCUT2D eigenvalue weighted by molar-refractivity contribution is -0.121. The Bertz CT molecular complexity index is 480. The molecule has 2 fully saturated rings. The Morgan fingerprint density at radius 2 is 2.06 bits per heavy atom. The summed E-state index contributed by atoms with van der Waals surface area (Å²) in [5.74, 6) is 1.99. The molecule has 1 amide bonds. The van der Waals surface area contributed by atoms with Crippen LogP contribution >= 0.6 is 0 Å². The number of fused-ring (bicyclic) bond motifs is 2. The largest absolute Gasteiger partial charge is 0.326 e. The van der Waals surface area contributed by atoms with Crippen molar-refractivity contribution in [3.8, 4) is 0 Å². The maximum Gasteiger partial charge on any atom is 0.227 e. The average Bonchev–Trinajstić information content (AvgIpc) is 2.97. The maximum atomic E-state index is 12.4. The van der Waals surface area contributed by atoms with Crippen molar-refractivity contribution in [3.05, 3.63) is 29.3 Å². The van der Waals surface area contributed by atoms with Crippen LogP contribution in [0.25, 0.3) is 0 Å². The quantitative estimate of drug-likeness (QED) is 0.843. The van der Waals surface area contributed by atoms with E-state index in [0.29, 0.717) is 5.92 Å². The third kappa shape index (κ3) is 1.94. The average molecular weight is 243 g/mol. The fourth-order valence-corrected chi connectivity index (χ4v) is 3.68. The molecular formula is C16H21NO. The lowest BCUT2D eigenvalue weighted by Gasteiger charge is -2.21. The van der Waals surface area contributed by atoms with Crippen LogP contribution in [-0.4, -0.2) is 5.91 Å². The van der Waals surface area contributed by atoms with E-state index in [1.54, 1.807) is 0 Å². The Hall–Kier alpha value is -1.31. The number of benzene rings is 1. The second kappa shape index (κ2) is 4.42. The van der Waals surface area contributed by atoms with Crippen molar-refractivity contribution in [2.24, 2.45) is 17.8 Å². The van der Waals surface area contributed by atoms with Gasteiger partial charge in [0.1, 0.15) is 0 Å². The minimum atomic E-state index is 0.246. The molecule has 0 heterocycles. The van der Waals surface area contributed by atoms with Gasteiger partial charge in [0.15, 0.2) is 0 Å². The first-order valence-corrected chi connectivity index (χ1v) is 7.02. The second-order valence-corrected chi connectivity index (χ2v) is 6.02. The Morgan fingerprint density at radius 1 is 1.22 bits per heavy atom. The van der Waals surface area contributed by atoms with Crippen molar-refractivity contribution in [1.29, 1.82) is 0 Å².